The van der Waals surface area contributed by atoms with E-state index >= 15 is 0 Å². The highest BCUT2D eigenvalue weighted by molar-refractivity contribution is 6.21. The van der Waals surface area contributed by atoms with Gasteiger partial charge in [0.15, 0.2) is 0 Å². The van der Waals surface area contributed by atoms with Crippen LogP contribution in [0.2, 0.25) is 0 Å². The molecule has 0 saturated carbocycles. The Morgan fingerprint density at radius 2 is 0.850 bits per heavy atom. The van der Waals surface area contributed by atoms with Crippen LogP contribution in [-0.2, 0) is 0 Å². The maximum atomic E-state index is 6.18. The molecule has 0 aliphatic carbocycles. The first-order valence-corrected chi connectivity index (χ1v) is 13.7. The summed E-state index contributed by atoms with van der Waals surface area (Å²) >= 11 is 0. The van der Waals surface area contributed by atoms with E-state index < -0.39 is 0 Å². The van der Waals surface area contributed by atoms with Crippen LogP contribution in [0.3, 0.4) is 0 Å². The van der Waals surface area contributed by atoms with Gasteiger partial charge in [-0.2, -0.15) is 0 Å². The van der Waals surface area contributed by atoms with Crippen molar-refractivity contribution in [3.63, 3.8) is 0 Å². The number of anilines is 1. The average Bonchev–Trinajstić information content (AvgIpc) is 3.34. The van der Waals surface area contributed by atoms with Crippen molar-refractivity contribution in [2.45, 2.75) is 0 Å². The maximum absolute atomic E-state index is 6.18. The van der Waals surface area contributed by atoms with Crippen LogP contribution in [-0.4, -0.2) is 4.57 Å². The van der Waals surface area contributed by atoms with E-state index in [1.807, 2.05) is 6.07 Å². The second-order valence-corrected chi connectivity index (χ2v) is 10.4. The van der Waals surface area contributed by atoms with Crippen molar-refractivity contribution in [3.8, 4) is 27.9 Å². The number of nitrogens with two attached hydrogens (primary N) is 1. The minimum atomic E-state index is 0.781. The maximum Gasteiger partial charge on any atom is 0.0542 e. The van der Waals surface area contributed by atoms with Crippen molar-refractivity contribution in [1.29, 1.82) is 0 Å². The Kier molecular flexibility index (Phi) is 5.01. The zero-order valence-electron chi connectivity index (χ0n) is 21.9. The highest BCUT2D eigenvalue weighted by Gasteiger charge is 2.17. The topological polar surface area (TPSA) is 30.9 Å². The highest BCUT2D eigenvalue weighted by Crippen LogP contribution is 2.43. The van der Waals surface area contributed by atoms with Gasteiger partial charge in [-0.3, -0.25) is 0 Å². The molecule has 0 atom stereocenters. The predicted molar refractivity (Wildman–Crippen MR) is 171 cm³/mol. The Labute approximate surface area is 232 Å². The third-order valence-electron chi connectivity index (χ3n) is 8.10. The first-order valence-electron chi connectivity index (χ1n) is 13.7. The zero-order valence-corrected chi connectivity index (χ0v) is 21.9. The van der Waals surface area contributed by atoms with Gasteiger partial charge >= 0.3 is 0 Å². The van der Waals surface area contributed by atoms with E-state index in [4.69, 9.17) is 5.73 Å². The number of para-hydroxylation sites is 1. The molecule has 0 unspecified atom stereocenters. The van der Waals surface area contributed by atoms with Gasteiger partial charge in [0.25, 0.3) is 0 Å². The van der Waals surface area contributed by atoms with Crippen molar-refractivity contribution >= 4 is 49.0 Å². The first-order chi connectivity index (χ1) is 19.8. The smallest absolute Gasteiger partial charge is 0.0542 e. The van der Waals surface area contributed by atoms with Crippen LogP contribution in [0.25, 0.3) is 71.3 Å². The molecular formula is C38H26N2. The summed E-state index contributed by atoms with van der Waals surface area (Å²) in [5.41, 5.74) is 15.4. The van der Waals surface area contributed by atoms with Gasteiger partial charge in [0.05, 0.1) is 11.0 Å². The van der Waals surface area contributed by atoms with Crippen LogP contribution in [0.4, 0.5) is 5.69 Å². The van der Waals surface area contributed by atoms with Gasteiger partial charge in [-0.15, -0.1) is 0 Å². The molecule has 40 heavy (non-hydrogen) atoms. The largest absolute Gasteiger partial charge is 0.399 e. The van der Waals surface area contributed by atoms with Gasteiger partial charge in [0, 0.05) is 22.1 Å². The summed E-state index contributed by atoms with van der Waals surface area (Å²) in [5, 5.41) is 7.45. The lowest BCUT2D eigenvalue weighted by atomic mass is 9.86. The van der Waals surface area contributed by atoms with E-state index in [0.29, 0.717) is 0 Å². The summed E-state index contributed by atoms with van der Waals surface area (Å²) in [4.78, 5) is 0. The third-order valence-corrected chi connectivity index (χ3v) is 8.10. The SMILES string of the molecule is Nc1ccc2c(c1)c1ccccc1n2-c1ccc(-c2c3ccccc3c(-c3ccccc3)c3ccccc23)cc1. The molecule has 188 valence electrons. The van der Waals surface area contributed by atoms with Gasteiger partial charge in [0.2, 0.25) is 0 Å². The number of hydrogen-bond donors (Lipinski definition) is 1. The number of benzene rings is 7. The van der Waals surface area contributed by atoms with Crippen LogP contribution < -0.4 is 5.73 Å². The van der Waals surface area contributed by atoms with Crippen LogP contribution in [0.1, 0.15) is 0 Å². The molecule has 8 rings (SSSR count). The van der Waals surface area contributed by atoms with E-state index in [2.05, 4.69) is 144 Å². The summed E-state index contributed by atoms with van der Waals surface area (Å²) in [6.45, 7) is 0. The summed E-state index contributed by atoms with van der Waals surface area (Å²) in [6.07, 6.45) is 0. The van der Waals surface area contributed by atoms with Gasteiger partial charge < -0.3 is 10.3 Å². The number of rotatable bonds is 3. The molecule has 0 aliphatic rings. The molecule has 2 N–H and O–H groups in total. The molecule has 8 aromatic rings. The first kappa shape index (κ1) is 22.6. The fraction of sp³-hybridized carbons (Fsp3) is 0. The zero-order chi connectivity index (χ0) is 26.6. The Hall–Kier alpha value is -5.34. The Morgan fingerprint density at radius 1 is 0.375 bits per heavy atom. The molecular weight excluding hydrogens is 484 g/mol. The molecule has 0 fully saturated rings. The van der Waals surface area contributed by atoms with E-state index in [0.717, 1.165) is 16.9 Å². The predicted octanol–water partition coefficient (Wildman–Crippen LogP) is 10.0. The molecule has 1 heterocycles. The molecule has 0 spiro atoms. The number of hydrogen-bond acceptors (Lipinski definition) is 1. The minimum Gasteiger partial charge on any atom is -0.399 e. The van der Waals surface area contributed by atoms with Crippen molar-refractivity contribution in [2.24, 2.45) is 0 Å². The summed E-state index contributed by atoms with van der Waals surface area (Å²) in [6, 6.07) is 52.1. The van der Waals surface area contributed by atoms with Gasteiger partial charge in [-0.05, 0) is 80.2 Å². The lowest BCUT2D eigenvalue weighted by Gasteiger charge is -2.18. The van der Waals surface area contributed by atoms with Crippen LogP contribution in [0, 0.1) is 0 Å². The van der Waals surface area contributed by atoms with Crippen LogP contribution in [0.5, 0.6) is 0 Å². The lowest BCUT2D eigenvalue weighted by Crippen LogP contribution is -1.95. The second-order valence-electron chi connectivity index (χ2n) is 10.4. The molecule has 0 amide bonds. The molecule has 0 radical (unpaired) electrons. The molecule has 0 aliphatic heterocycles. The summed E-state index contributed by atoms with van der Waals surface area (Å²) < 4.78 is 2.34. The molecule has 2 heteroatoms. The molecule has 0 saturated heterocycles. The van der Waals surface area contributed by atoms with E-state index in [1.54, 1.807) is 0 Å². The van der Waals surface area contributed by atoms with Gasteiger partial charge in [-0.1, -0.05) is 109 Å². The Bertz CT molecular complexity index is 2150. The number of nitrogen functional groups attached to an aromatic ring is 1. The number of fused-ring (bicyclic) bond motifs is 5. The Morgan fingerprint density at radius 3 is 1.45 bits per heavy atom. The standard InChI is InChI=1S/C38H26N2/c39-27-20-23-36-34(24-27)29-12-8-9-17-35(29)40(36)28-21-18-26(19-22-28)38-32-15-6-4-13-30(32)37(25-10-2-1-3-11-25)31-14-5-7-16-33(31)38/h1-24H,39H2. The third kappa shape index (κ3) is 3.36. The second kappa shape index (κ2) is 8.86. The number of aromatic nitrogens is 1. The van der Waals surface area contributed by atoms with Gasteiger partial charge in [-0.25, -0.2) is 0 Å². The quantitative estimate of drug-likeness (QED) is 0.186. The van der Waals surface area contributed by atoms with Crippen molar-refractivity contribution < 1.29 is 0 Å². The molecule has 2 nitrogen and oxygen atoms in total. The van der Waals surface area contributed by atoms with Crippen molar-refractivity contribution in [3.05, 3.63) is 146 Å². The average molecular weight is 511 g/mol. The fourth-order valence-electron chi connectivity index (χ4n) is 6.40. The van der Waals surface area contributed by atoms with Crippen molar-refractivity contribution in [1.82, 2.24) is 4.57 Å². The minimum absolute atomic E-state index is 0.781. The van der Waals surface area contributed by atoms with Crippen LogP contribution >= 0.6 is 0 Å². The normalized spacial score (nSPS) is 11.6. The lowest BCUT2D eigenvalue weighted by molar-refractivity contribution is 1.18. The van der Waals surface area contributed by atoms with E-state index in [9.17, 15) is 0 Å². The number of nitrogens with zero attached hydrogens (tertiary/aromatic N) is 1. The Balaban J connectivity index is 1.37. The molecule has 1 aromatic heterocycles. The molecule has 7 aromatic carbocycles. The summed E-state index contributed by atoms with van der Waals surface area (Å²) in [7, 11) is 0. The van der Waals surface area contributed by atoms with E-state index in [-0.39, 0.29) is 0 Å². The summed E-state index contributed by atoms with van der Waals surface area (Å²) in [5.74, 6) is 0. The molecule has 0 bridgehead atoms. The highest BCUT2D eigenvalue weighted by atomic mass is 15.0. The van der Waals surface area contributed by atoms with Gasteiger partial charge in [0.1, 0.15) is 0 Å². The van der Waals surface area contributed by atoms with Crippen LogP contribution in [0.15, 0.2) is 146 Å². The van der Waals surface area contributed by atoms with Crippen molar-refractivity contribution in [2.75, 3.05) is 5.73 Å². The monoisotopic (exact) mass is 510 g/mol. The van der Waals surface area contributed by atoms with E-state index in [1.165, 1.54) is 60.1 Å². The fourth-order valence-corrected chi connectivity index (χ4v) is 6.40.